The third-order valence-corrected chi connectivity index (χ3v) is 5.10. The minimum Gasteiger partial charge on any atom is -0.365 e. The Morgan fingerprint density at radius 1 is 1.20 bits per heavy atom. The van der Waals surface area contributed by atoms with E-state index in [1.807, 2.05) is 11.8 Å². The Morgan fingerprint density at radius 2 is 1.92 bits per heavy atom. The van der Waals surface area contributed by atoms with Crippen molar-refractivity contribution in [1.82, 2.24) is 10.2 Å². The van der Waals surface area contributed by atoms with Crippen molar-refractivity contribution in [2.24, 2.45) is 11.7 Å². The largest absolute Gasteiger partial charge is 0.365 e. The van der Waals surface area contributed by atoms with Crippen molar-refractivity contribution in [3.05, 3.63) is 0 Å². The smallest absolute Gasteiger partial charge is 0.251 e. The number of carbonyl (C=O) groups is 2. The average Bonchev–Trinajstić information content (AvgIpc) is 2.64. The number of hydrogen-bond acceptors (Lipinski definition) is 4. The van der Waals surface area contributed by atoms with Crippen molar-refractivity contribution in [3.63, 3.8) is 0 Å². The van der Waals surface area contributed by atoms with Crippen LogP contribution >= 0.6 is 12.4 Å². The fourth-order valence-corrected chi connectivity index (χ4v) is 3.70. The van der Waals surface area contributed by atoms with Gasteiger partial charge in [-0.1, -0.05) is 26.2 Å². The maximum atomic E-state index is 12.8. The summed E-state index contributed by atoms with van der Waals surface area (Å²) in [5.41, 5.74) is 5.43. The molecule has 0 radical (unpaired) electrons. The molecule has 0 aromatic heterocycles. The first-order valence-electron chi connectivity index (χ1n) is 9.57. The zero-order valence-corrected chi connectivity index (χ0v) is 16.2. The number of piperidine rings is 1. The molecule has 1 saturated heterocycles. The first kappa shape index (κ1) is 22.2. The van der Waals surface area contributed by atoms with Crippen molar-refractivity contribution in [2.75, 3.05) is 26.2 Å². The zero-order chi connectivity index (χ0) is 17.4. The molecule has 1 heterocycles. The Hall–Kier alpha value is -0.850. The van der Waals surface area contributed by atoms with Crippen LogP contribution in [-0.2, 0) is 14.3 Å². The molecule has 2 rings (SSSR count). The molecular formula is C18H34ClN3O3. The van der Waals surface area contributed by atoms with Crippen LogP contribution in [0.15, 0.2) is 0 Å². The van der Waals surface area contributed by atoms with Crippen LogP contribution in [-0.4, -0.2) is 55.1 Å². The van der Waals surface area contributed by atoms with Gasteiger partial charge in [-0.05, 0) is 32.1 Å². The highest BCUT2D eigenvalue weighted by Crippen LogP contribution is 2.24. The molecule has 1 saturated carbocycles. The van der Waals surface area contributed by atoms with Crippen molar-refractivity contribution >= 4 is 24.2 Å². The summed E-state index contributed by atoms with van der Waals surface area (Å²) in [5, 5.41) is 2.84. The molecule has 0 aromatic carbocycles. The Bertz CT molecular complexity index is 416. The van der Waals surface area contributed by atoms with Crippen molar-refractivity contribution in [2.45, 2.75) is 70.5 Å². The molecule has 2 atom stereocenters. The molecule has 0 spiro atoms. The normalized spacial score (nSPS) is 22.8. The molecule has 7 heteroatoms. The fraction of sp³-hybridized carbons (Fsp3) is 0.889. The van der Waals surface area contributed by atoms with Crippen LogP contribution in [0.25, 0.3) is 0 Å². The molecule has 0 bridgehead atoms. The van der Waals surface area contributed by atoms with Gasteiger partial charge in [-0.15, -0.1) is 12.4 Å². The Kier molecular flexibility index (Phi) is 10.4. The molecule has 146 valence electrons. The minimum atomic E-state index is -0.362. The maximum absolute atomic E-state index is 12.8. The van der Waals surface area contributed by atoms with E-state index in [-0.39, 0.29) is 42.3 Å². The first-order valence-corrected chi connectivity index (χ1v) is 9.57. The summed E-state index contributed by atoms with van der Waals surface area (Å²) >= 11 is 0. The predicted octanol–water partition coefficient (Wildman–Crippen LogP) is 1.85. The monoisotopic (exact) mass is 375 g/mol. The quantitative estimate of drug-likeness (QED) is 0.711. The molecule has 2 amide bonds. The second kappa shape index (κ2) is 11.7. The lowest BCUT2D eigenvalue weighted by atomic mass is 9.96. The number of nitrogens with two attached hydrogens (primary N) is 1. The summed E-state index contributed by atoms with van der Waals surface area (Å²) in [7, 11) is 0. The molecule has 2 unspecified atom stereocenters. The number of nitrogens with one attached hydrogen (secondary N) is 1. The van der Waals surface area contributed by atoms with Gasteiger partial charge in [-0.2, -0.15) is 0 Å². The molecular weight excluding hydrogens is 342 g/mol. The van der Waals surface area contributed by atoms with Gasteiger partial charge in [-0.3, -0.25) is 9.59 Å². The lowest BCUT2D eigenvalue weighted by molar-refractivity contribution is -0.151. The zero-order valence-electron chi connectivity index (χ0n) is 15.4. The van der Waals surface area contributed by atoms with Gasteiger partial charge in [0, 0.05) is 26.2 Å². The maximum Gasteiger partial charge on any atom is 0.251 e. The van der Waals surface area contributed by atoms with E-state index < -0.39 is 0 Å². The second-order valence-electron chi connectivity index (χ2n) is 7.00. The van der Waals surface area contributed by atoms with Crippen LogP contribution in [0, 0.1) is 5.92 Å². The van der Waals surface area contributed by atoms with Crippen LogP contribution in [0.2, 0.25) is 0 Å². The van der Waals surface area contributed by atoms with E-state index in [9.17, 15) is 9.59 Å². The molecule has 25 heavy (non-hydrogen) atoms. The number of likely N-dealkylation sites (tertiary alicyclic amines) is 1. The molecule has 0 aromatic rings. The highest BCUT2D eigenvalue weighted by Gasteiger charge is 2.32. The van der Waals surface area contributed by atoms with Gasteiger partial charge in [-0.25, -0.2) is 0 Å². The van der Waals surface area contributed by atoms with Gasteiger partial charge in [0.1, 0.15) is 6.10 Å². The number of halogens is 1. The van der Waals surface area contributed by atoms with Gasteiger partial charge in [0.2, 0.25) is 5.91 Å². The number of amides is 2. The van der Waals surface area contributed by atoms with E-state index in [1.165, 1.54) is 19.3 Å². The van der Waals surface area contributed by atoms with Gasteiger partial charge >= 0.3 is 0 Å². The molecule has 2 aliphatic rings. The van der Waals surface area contributed by atoms with Gasteiger partial charge < -0.3 is 20.7 Å². The molecule has 2 fully saturated rings. The fourth-order valence-electron chi connectivity index (χ4n) is 3.70. The van der Waals surface area contributed by atoms with Crippen LogP contribution in [0.1, 0.15) is 58.3 Å². The van der Waals surface area contributed by atoms with Gasteiger partial charge in [0.25, 0.3) is 5.91 Å². The molecule has 1 aliphatic heterocycles. The van der Waals surface area contributed by atoms with E-state index in [4.69, 9.17) is 10.5 Å². The van der Waals surface area contributed by atoms with E-state index in [0.29, 0.717) is 26.1 Å². The summed E-state index contributed by atoms with van der Waals surface area (Å²) in [5.74, 6) is -0.0555. The third kappa shape index (κ3) is 6.76. The van der Waals surface area contributed by atoms with E-state index in [1.54, 1.807) is 0 Å². The molecule has 6 nitrogen and oxygen atoms in total. The number of ether oxygens (including phenoxy) is 1. The van der Waals surface area contributed by atoms with Gasteiger partial charge in [0.05, 0.1) is 12.0 Å². The summed E-state index contributed by atoms with van der Waals surface area (Å²) in [6.45, 7) is 4.16. The van der Waals surface area contributed by atoms with Crippen LogP contribution in [0.3, 0.4) is 0 Å². The van der Waals surface area contributed by atoms with Crippen molar-refractivity contribution in [3.8, 4) is 0 Å². The summed E-state index contributed by atoms with van der Waals surface area (Å²) in [6.07, 6.45) is 8.05. The predicted molar refractivity (Wildman–Crippen MR) is 101 cm³/mol. The molecule has 1 aliphatic carbocycles. The van der Waals surface area contributed by atoms with E-state index >= 15 is 0 Å². The Labute approximate surface area is 157 Å². The van der Waals surface area contributed by atoms with Crippen molar-refractivity contribution < 1.29 is 14.3 Å². The summed E-state index contributed by atoms with van der Waals surface area (Å²) in [4.78, 5) is 26.8. The number of nitrogens with zero attached hydrogens (tertiary/aromatic N) is 1. The summed E-state index contributed by atoms with van der Waals surface area (Å²) < 4.78 is 6.11. The standard InChI is InChI=1S/C18H33N3O3.ClH/c1-2-16(24-15-8-4-3-5-9-15)18(23)21-12-6-7-14(13-21)17(22)20-11-10-19;/h14-16H,2-13,19H2,1H3,(H,20,22);1H. The third-order valence-electron chi connectivity index (χ3n) is 5.10. The van der Waals surface area contributed by atoms with Crippen LogP contribution < -0.4 is 11.1 Å². The number of carbonyl (C=O) groups excluding carboxylic acids is 2. The lowest BCUT2D eigenvalue weighted by Gasteiger charge is -2.35. The summed E-state index contributed by atoms with van der Waals surface area (Å²) in [6, 6.07) is 0. The average molecular weight is 376 g/mol. The number of hydrogen-bond donors (Lipinski definition) is 2. The Morgan fingerprint density at radius 3 is 2.56 bits per heavy atom. The van der Waals surface area contributed by atoms with E-state index in [0.717, 1.165) is 32.2 Å². The Balaban J connectivity index is 0.00000312. The van der Waals surface area contributed by atoms with Crippen LogP contribution in [0.5, 0.6) is 0 Å². The minimum absolute atomic E-state index is 0. The van der Waals surface area contributed by atoms with E-state index in [2.05, 4.69) is 5.32 Å². The SMILES string of the molecule is CCC(OC1CCCCC1)C(=O)N1CCCC(C(=O)NCCN)C1.Cl. The van der Waals surface area contributed by atoms with Crippen molar-refractivity contribution in [1.29, 1.82) is 0 Å². The van der Waals surface area contributed by atoms with Crippen LogP contribution in [0.4, 0.5) is 0 Å². The topological polar surface area (TPSA) is 84.7 Å². The number of rotatable bonds is 7. The first-order chi connectivity index (χ1) is 11.7. The molecule has 3 N–H and O–H groups in total. The lowest BCUT2D eigenvalue weighted by Crippen LogP contribution is -2.49. The van der Waals surface area contributed by atoms with Gasteiger partial charge in [0.15, 0.2) is 0 Å². The highest BCUT2D eigenvalue weighted by molar-refractivity contribution is 5.85. The second-order valence-corrected chi connectivity index (χ2v) is 7.00. The highest BCUT2D eigenvalue weighted by atomic mass is 35.5.